The van der Waals surface area contributed by atoms with Crippen molar-refractivity contribution in [2.24, 2.45) is 0 Å². The van der Waals surface area contributed by atoms with Crippen LogP contribution >= 0.6 is 34.5 Å². The van der Waals surface area contributed by atoms with Crippen molar-refractivity contribution in [3.05, 3.63) is 26.2 Å². The Bertz CT molecular complexity index is 655. The first kappa shape index (κ1) is 15.4. The SMILES string of the molecule is COC(=O)c1oc(-c2cc(Cl)sc2Cl)nc1C(C)(C)C. The lowest BCUT2D eigenvalue weighted by molar-refractivity contribution is 0.0562. The summed E-state index contributed by atoms with van der Waals surface area (Å²) in [5, 5.41) is 0. The second-order valence-corrected chi connectivity index (χ2v) is 7.46. The van der Waals surface area contributed by atoms with Gasteiger partial charge in [-0.2, -0.15) is 0 Å². The van der Waals surface area contributed by atoms with Gasteiger partial charge < -0.3 is 9.15 Å². The molecule has 2 aromatic rings. The topological polar surface area (TPSA) is 52.3 Å². The largest absolute Gasteiger partial charge is 0.463 e. The number of carbonyl (C=O) groups excluding carboxylic acids is 1. The number of ether oxygens (including phenoxy) is 1. The van der Waals surface area contributed by atoms with Crippen molar-refractivity contribution in [1.29, 1.82) is 0 Å². The van der Waals surface area contributed by atoms with Crippen molar-refractivity contribution in [2.75, 3.05) is 7.11 Å². The van der Waals surface area contributed by atoms with Gasteiger partial charge in [-0.25, -0.2) is 9.78 Å². The number of hydrogen-bond acceptors (Lipinski definition) is 5. The van der Waals surface area contributed by atoms with Crippen LogP contribution in [-0.2, 0) is 10.2 Å². The first-order valence-corrected chi connectivity index (χ1v) is 7.36. The fourth-order valence-electron chi connectivity index (χ4n) is 1.66. The summed E-state index contributed by atoms with van der Waals surface area (Å²) in [6.45, 7) is 5.80. The van der Waals surface area contributed by atoms with E-state index in [2.05, 4.69) is 4.98 Å². The lowest BCUT2D eigenvalue weighted by atomic mass is 9.91. The lowest BCUT2D eigenvalue weighted by Crippen LogP contribution is -2.17. The number of nitrogens with zero attached hydrogens (tertiary/aromatic N) is 1. The highest BCUT2D eigenvalue weighted by atomic mass is 35.5. The van der Waals surface area contributed by atoms with E-state index in [1.165, 1.54) is 18.4 Å². The molecule has 0 saturated carbocycles. The summed E-state index contributed by atoms with van der Waals surface area (Å²) in [6, 6.07) is 1.66. The van der Waals surface area contributed by atoms with Gasteiger partial charge in [-0.1, -0.05) is 44.0 Å². The molecule has 2 heterocycles. The average Bonchev–Trinajstić information content (AvgIpc) is 2.91. The van der Waals surface area contributed by atoms with Crippen LogP contribution in [0.1, 0.15) is 37.0 Å². The molecule has 0 atom stereocenters. The Morgan fingerprint density at radius 2 is 2.05 bits per heavy atom. The summed E-state index contributed by atoms with van der Waals surface area (Å²) >= 11 is 13.2. The van der Waals surface area contributed by atoms with Crippen LogP contribution in [0.4, 0.5) is 0 Å². The maximum absolute atomic E-state index is 11.8. The standard InChI is InChI=1S/C13H13Cl2NO3S/c1-13(2,3)9-8(12(17)18-4)19-11(16-9)6-5-7(14)20-10(6)15/h5H,1-4H3. The molecule has 0 N–H and O–H groups in total. The quantitative estimate of drug-likeness (QED) is 0.741. The van der Waals surface area contributed by atoms with Gasteiger partial charge in [0.05, 0.1) is 17.0 Å². The smallest absolute Gasteiger partial charge is 0.376 e. The molecule has 108 valence electrons. The zero-order chi connectivity index (χ0) is 15.1. The van der Waals surface area contributed by atoms with Gasteiger partial charge in [0.15, 0.2) is 0 Å². The van der Waals surface area contributed by atoms with Crippen molar-refractivity contribution in [2.45, 2.75) is 26.2 Å². The third-order valence-corrected chi connectivity index (χ3v) is 4.08. The minimum absolute atomic E-state index is 0.0911. The van der Waals surface area contributed by atoms with Crippen LogP contribution in [-0.4, -0.2) is 18.1 Å². The molecular weight excluding hydrogens is 321 g/mol. The second kappa shape index (κ2) is 5.39. The summed E-state index contributed by atoms with van der Waals surface area (Å²) in [5.41, 5.74) is 0.734. The van der Waals surface area contributed by atoms with Gasteiger partial charge >= 0.3 is 5.97 Å². The van der Waals surface area contributed by atoms with Crippen molar-refractivity contribution in [3.63, 3.8) is 0 Å². The fraction of sp³-hybridized carbons (Fsp3) is 0.385. The van der Waals surface area contributed by atoms with Crippen molar-refractivity contribution in [1.82, 2.24) is 4.98 Å². The Hall–Kier alpha value is -1.04. The molecule has 0 spiro atoms. The normalized spacial score (nSPS) is 11.7. The molecule has 0 radical (unpaired) electrons. The molecule has 0 unspecified atom stereocenters. The second-order valence-electron chi connectivity index (χ2n) is 5.18. The first-order chi connectivity index (χ1) is 9.24. The van der Waals surface area contributed by atoms with Gasteiger partial charge in [-0.15, -0.1) is 11.3 Å². The molecule has 20 heavy (non-hydrogen) atoms. The van der Waals surface area contributed by atoms with Crippen LogP contribution in [0.25, 0.3) is 11.5 Å². The molecule has 0 saturated heterocycles. The van der Waals surface area contributed by atoms with E-state index in [1.807, 2.05) is 20.8 Å². The Morgan fingerprint density at radius 3 is 2.50 bits per heavy atom. The number of esters is 1. The molecule has 0 aliphatic heterocycles. The monoisotopic (exact) mass is 333 g/mol. The van der Waals surface area contributed by atoms with E-state index in [0.29, 0.717) is 19.9 Å². The van der Waals surface area contributed by atoms with Crippen molar-refractivity contribution >= 4 is 40.5 Å². The van der Waals surface area contributed by atoms with Crippen LogP contribution in [0, 0.1) is 0 Å². The fourth-order valence-corrected chi connectivity index (χ4v) is 3.11. The molecule has 0 aromatic carbocycles. The van der Waals surface area contributed by atoms with E-state index >= 15 is 0 Å². The molecule has 4 nitrogen and oxygen atoms in total. The zero-order valence-corrected chi connectivity index (χ0v) is 13.7. The average molecular weight is 334 g/mol. The highest BCUT2D eigenvalue weighted by molar-refractivity contribution is 7.20. The minimum atomic E-state index is -0.564. The summed E-state index contributed by atoms with van der Waals surface area (Å²) in [6.07, 6.45) is 0. The predicted octanol–water partition coefficient (Wildman–Crippen LogP) is 4.79. The number of carbonyl (C=O) groups is 1. The number of halogens is 2. The molecule has 0 fully saturated rings. The number of thiophene rings is 1. The van der Waals surface area contributed by atoms with Crippen LogP contribution < -0.4 is 0 Å². The molecule has 7 heteroatoms. The molecule has 0 aliphatic rings. The van der Waals surface area contributed by atoms with Crippen molar-refractivity contribution in [3.8, 4) is 11.5 Å². The van der Waals surface area contributed by atoms with E-state index in [1.54, 1.807) is 6.07 Å². The molecule has 0 bridgehead atoms. The minimum Gasteiger partial charge on any atom is -0.463 e. The molecule has 2 aromatic heterocycles. The maximum atomic E-state index is 11.8. The molecular formula is C13H13Cl2NO3S. The highest BCUT2D eigenvalue weighted by Crippen LogP contribution is 2.39. The van der Waals surface area contributed by atoms with E-state index in [0.717, 1.165) is 0 Å². The summed E-state index contributed by atoms with van der Waals surface area (Å²) in [4.78, 5) is 16.2. The van der Waals surface area contributed by atoms with Crippen molar-refractivity contribution < 1.29 is 13.9 Å². The molecule has 0 amide bonds. The van der Waals surface area contributed by atoms with Crippen LogP contribution in [0.5, 0.6) is 0 Å². The summed E-state index contributed by atoms with van der Waals surface area (Å²) < 4.78 is 11.3. The molecule has 0 aliphatic carbocycles. The van der Waals surface area contributed by atoms with E-state index in [9.17, 15) is 4.79 Å². The Kier molecular flexibility index (Phi) is 4.14. The Morgan fingerprint density at radius 1 is 1.40 bits per heavy atom. The lowest BCUT2D eigenvalue weighted by Gasteiger charge is -2.15. The Balaban J connectivity index is 2.60. The van der Waals surface area contributed by atoms with Gasteiger partial charge in [0.25, 0.3) is 0 Å². The van der Waals surface area contributed by atoms with Gasteiger partial charge in [-0.05, 0) is 6.07 Å². The maximum Gasteiger partial charge on any atom is 0.376 e. The number of methoxy groups -OCH3 is 1. The van der Waals surface area contributed by atoms with E-state index in [-0.39, 0.29) is 17.1 Å². The number of aromatic nitrogens is 1. The predicted molar refractivity (Wildman–Crippen MR) is 79.9 cm³/mol. The zero-order valence-electron chi connectivity index (χ0n) is 11.4. The number of rotatable bonds is 2. The third-order valence-electron chi connectivity index (χ3n) is 2.60. The van der Waals surface area contributed by atoms with Crippen LogP contribution in [0.15, 0.2) is 10.5 Å². The van der Waals surface area contributed by atoms with Gasteiger partial charge in [0.2, 0.25) is 11.7 Å². The number of hydrogen-bond donors (Lipinski definition) is 0. The molecule has 2 rings (SSSR count). The van der Waals surface area contributed by atoms with Gasteiger partial charge in [-0.3, -0.25) is 0 Å². The van der Waals surface area contributed by atoms with E-state index < -0.39 is 5.97 Å². The number of oxazole rings is 1. The van der Waals surface area contributed by atoms with Crippen LogP contribution in [0.2, 0.25) is 8.67 Å². The van der Waals surface area contributed by atoms with E-state index in [4.69, 9.17) is 32.4 Å². The first-order valence-electron chi connectivity index (χ1n) is 5.79. The van der Waals surface area contributed by atoms with Gasteiger partial charge in [0.1, 0.15) is 10.0 Å². The highest BCUT2D eigenvalue weighted by Gasteiger charge is 2.30. The Labute approximate surface area is 130 Å². The summed E-state index contributed by atoms with van der Waals surface area (Å²) in [5.74, 6) is -0.206. The van der Waals surface area contributed by atoms with Crippen LogP contribution in [0.3, 0.4) is 0 Å². The van der Waals surface area contributed by atoms with Gasteiger partial charge in [0, 0.05) is 5.41 Å². The third kappa shape index (κ3) is 2.85. The summed E-state index contributed by atoms with van der Waals surface area (Å²) in [7, 11) is 1.30.